The van der Waals surface area contributed by atoms with E-state index in [1.807, 2.05) is 37.4 Å². The lowest BCUT2D eigenvalue weighted by Gasteiger charge is -2.12. The van der Waals surface area contributed by atoms with Crippen molar-refractivity contribution >= 4 is 5.96 Å². The Bertz CT molecular complexity index is 956. The normalized spacial score (nSPS) is 11.4. The van der Waals surface area contributed by atoms with Crippen LogP contribution in [0.3, 0.4) is 0 Å². The second-order valence-electron chi connectivity index (χ2n) is 6.06. The van der Waals surface area contributed by atoms with Crippen LogP contribution in [0.4, 0.5) is 0 Å². The summed E-state index contributed by atoms with van der Waals surface area (Å²) in [4.78, 5) is 20.2. The average molecular weight is 365 g/mol. The van der Waals surface area contributed by atoms with E-state index in [0.29, 0.717) is 25.6 Å². The van der Waals surface area contributed by atoms with Gasteiger partial charge < -0.3 is 15.2 Å². The molecule has 2 aromatic heterocycles. The van der Waals surface area contributed by atoms with Gasteiger partial charge in [-0.25, -0.2) is 4.98 Å². The van der Waals surface area contributed by atoms with E-state index < -0.39 is 0 Å². The number of aromatic nitrogens is 4. The number of aliphatic imine (C=N–C) groups is 1. The fourth-order valence-electron chi connectivity index (χ4n) is 2.60. The van der Waals surface area contributed by atoms with Gasteiger partial charge in [0.25, 0.3) is 5.56 Å². The Kier molecular flexibility index (Phi) is 5.98. The molecule has 0 aliphatic rings. The third kappa shape index (κ3) is 5.04. The Morgan fingerprint density at radius 2 is 1.81 bits per heavy atom. The summed E-state index contributed by atoms with van der Waals surface area (Å²) in [5.74, 6) is 1.52. The van der Waals surface area contributed by atoms with E-state index in [1.54, 1.807) is 34.6 Å². The molecule has 0 saturated heterocycles. The molecule has 0 radical (unpaired) electrons. The molecule has 27 heavy (non-hydrogen) atoms. The number of nitrogens with one attached hydrogen (secondary N) is 2. The van der Waals surface area contributed by atoms with Crippen molar-refractivity contribution in [3.63, 3.8) is 0 Å². The SMILES string of the molecule is CN=C(NCc1ccc(Cn2ccccc2=O)cc1)NCc1ncnn1C. The van der Waals surface area contributed by atoms with Crippen LogP contribution in [-0.4, -0.2) is 32.3 Å². The molecule has 0 spiro atoms. The van der Waals surface area contributed by atoms with Crippen molar-refractivity contribution < 1.29 is 0 Å². The van der Waals surface area contributed by atoms with Crippen LogP contribution in [0.15, 0.2) is 64.8 Å². The predicted molar refractivity (Wildman–Crippen MR) is 104 cm³/mol. The molecule has 8 heteroatoms. The van der Waals surface area contributed by atoms with E-state index >= 15 is 0 Å². The molecule has 8 nitrogen and oxygen atoms in total. The minimum atomic E-state index is 0.000953. The molecule has 0 aliphatic heterocycles. The van der Waals surface area contributed by atoms with E-state index in [4.69, 9.17) is 0 Å². The number of hydrogen-bond donors (Lipinski definition) is 2. The molecule has 0 fully saturated rings. The molecule has 140 valence electrons. The van der Waals surface area contributed by atoms with E-state index in [2.05, 4.69) is 25.7 Å². The summed E-state index contributed by atoms with van der Waals surface area (Å²) in [6.45, 7) is 1.75. The second-order valence-corrected chi connectivity index (χ2v) is 6.06. The maximum absolute atomic E-state index is 11.8. The van der Waals surface area contributed by atoms with Gasteiger partial charge in [-0.15, -0.1) is 0 Å². The van der Waals surface area contributed by atoms with Gasteiger partial charge >= 0.3 is 0 Å². The predicted octanol–water partition coefficient (Wildman–Crippen LogP) is 0.890. The third-order valence-corrected chi connectivity index (χ3v) is 4.18. The summed E-state index contributed by atoms with van der Waals surface area (Å²) in [5.41, 5.74) is 2.21. The van der Waals surface area contributed by atoms with Crippen LogP contribution in [0.1, 0.15) is 17.0 Å². The highest BCUT2D eigenvalue weighted by Crippen LogP contribution is 2.05. The van der Waals surface area contributed by atoms with E-state index in [0.717, 1.165) is 17.0 Å². The van der Waals surface area contributed by atoms with Crippen molar-refractivity contribution in [3.8, 4) is 0 Å². The van der Waals surface area contributed by atoms with Crippen LogP contribution < -0.4 is 16.2 Å². The van der Waals surface area contributed by atoms with Gasteiger partial charge in [-0.1, -0.05) is 30.3 Å². The fourth-order valence-corrected chi connectivity index (χ4v) is 2.60. The molecule has 0 atom stereocenters. The van der Waals surface area contributed by atoms with Gasteiger partial charge in [0.15, 0.2) is 5.96 Å². The first-order valence-corrected chi connectivity index (χ1v) is 8.66. The van der Waals surface area contributed by atoms with Crippen molar-refractivity contribution in [3.05, 3.63) is 82.3 Å². The molecule has 0 unspecified atom stereocenters. The highest BCUT2D eigenvalue weighted by molar-refractivity contribution is 5.79. The van der Waals surface area contributed by atoms with Gasteiger partial charge in [-0.05, 0) is 17.2 Å². The number of pyridine rings is 1. The maximum atomic E-state index is 11.8. The van der Waals surface area contributed by atoms with Gasteiger partial charge in [0.05, 0.1) is 13.1 Å². The number of nitrogens with zero attached hydrogens (tertiary/aromatic N) is 5. The number of guanidine groups is 1. The fraction of sp³-hybridized carbons (Fsp3) is 0.263. The molecule has 3 aromatic rings. The topological polar surface area (TPSA) is 89.1 Å². The van der Waals surface area contributed by atoms with Crippen LogP contribution in [0.25, 0.3) is 0 Å². The highest BCUT2D eigenvalue weighted by atomic mass is 16.1. The van der Waals surface area contributed by atoms with E-state index in [9.17, 15) is 4.79 Å². The van der Waals surface area contributed by atoms with Gasteiger partial charge in [0.2, 0.25) is 0 Å². The van der Waals surface area contributed by atoms with Crippen LogP contribution in [0.5, 0.6) is 0 Å². The Morgan fingerprint density at radius 3 is 2.48 bits per heavy atom. The smallest absolute Gasteiger partial charge is 0.250 e. The van der Waals surface area contributed by atoms with Crippen molar-refractivity contribution in [1.82, 2.24) is 30.0 Å². The zero-order chi connectivity index (χ0) is 19.1. The van der Waals surface area contributed by atoms with E-state index in [1.165, 1.54) is 6.33 Å². The minimum absolute atomic E-state index is 0.000953. The Balaban J connectivity index is 1.52. The average Bonchev–Trinajstić information content (AvgIpc) is 3.10. The van der Waals surface area contributed by atoms with Crippen LogP contribution >= 0.6 is 0 Å². The summed E-state index contributed by atoms with van der Waals surface area (Å²) in [6, 6.07) is 13.3. The molecule has 2 heterocycles. The molecular formula is C19H23N7O. The monoisotopic (exact) mass is 365 g/mol. The quantitative estimate of drug-likeness (QED) is 0.500. The van der Waals surface area contributed by atoms with Gasteiger partial charge in [-0.3, -0.25) is 14.5 Å². The van der Waals surface area contributed by atoms with Crippen molar-refractivity contribution in [2.45, 2.75) is 19.6 Å². The van der Waals surface area contributed by atoms with Crippen LogP contribution in [0, 0.1) is 0 Å². The summed E-state index contributed by atoms with van der Waals surface area (Å²) in [6.07, 6.45) is 3.32. The Labute approximate surface area is 157 Å². The molecule has 1 aromatic carbocycles. The van der Waals surface area contributed by atoms with Crippen LogP contribution in [-0.2, 0) is 26.7 Å². The number of rotatable bonds is 6. The summed E-state index contributed by atoms with van der Waals surface area (Å²) in [7, 11) is 3.58. The standard InChI is InChI=1S/C19H23N7O/c1-20-19(22-12-17-23-14-24-25(17)2)21-11-15-6-8-16(9-7-15)13-26-10-4-3-5-18(26)27/h3-10,14H,11-13H2,1-2H3,(H2,20,21,22). The Morgan fingerprint density at radius 1 is 1.07 bits per heavy atom. The van der Waals surface area contributed by atoms with E-state index in [-0.39, 0.29) is 5.56 Å². The number of benzene rings is 1. The largest absolute Gasteiger partial charge is 0.352 e. The molecule has 0 amide bonds. The first kappa shape index (κ1) is 18.4. The summed E-state index contributed by atoms with van der Waals surface area (Å²) in [5, 5.41) is 10.5. The second kappa shape index (κ2) is 8.79. The molecule has 0 aliphatic carbocycles. The maximum Gasteiger partial charge on any atom is 0.250 e. The summed E-state index contributed by atoms with van der Waals surface area (Å²) < 4.78 is 3.41. The minimum Gasteiger partial charge on any atom is -0.352 e. The lowest BCUT2D eigenvalue weighted by Crippen LogP contribution is -2.36. The van der Waals surface area contributed by atoms with Crippen molar-refractivity contribution in [2.24, 2.45) is 12.0 Å². The molecular weight excluding hydrogens is 342 g/mol. The summed E-state index contributed by atoms with van der Waals surface area (Å²) >= 11 is 0. The lowest BCUT2D eigenvalue weighted by atomic mass is 10.1. The van der Waals surface area contributed by atoms with Crippen molar-refractivity contribution in [2.75, 3.05) is 7.05 Å². The Hall–Kier alpha value is -3.42. The molecule has 3 rings (SSSR count). The van der Waals surface area contributed by atoms with Crippen LogP contribution in [0.2, 0.25) is 0 Å². The molecule has 0 saturated carbocycles. The highest BCUT2D eigenvalue weighted by Gasteiger charge is 2.03. The van der Waals surface area contributed by atoms with Crippen molar-refractivity contribution in [1.29, 1.82) is 0 Å². The van der Waals surface area contributed by atoms with Gasteiger partial charge in [-0.2, -0.15) is 5.10 Å². The molecule has 0 bridgehead atoms. The first-order valence-electron chi connectivity index (χ1n) is 8.66. The molecule has 2 N–H and O–H groups in total. The zero-order valence-corrected chi connectivity index (χ0v) is 15.5. The van der Waals surface area contributed by atoms with Gasteiger partial charge in [0.1, 0.15) is 12.2 Å². The first-order chi connectivity index (χ1) is 13.2. The lowest BCUT2D eigenvalue weighted by molar-refractivity contribution is 0.672. The third-order valence-electron chi connectivity index (χ3n) is 4.18. The number of aryl methyl sites for hydroxylation is 1. The zero-order valence-electron chi connectivity index (χ0n) is 15.5. The van der Waals surface area contributed by atoms with Gasteiger partial charge in [0, 0.05) is 32.9 Å². The number of hydrogen-bond acceptors (Lipinski definition) is 4.